The first-order valence-electron chi connectivity index (χ1n) is 10.9. The van der Waals surface area contributed by atoms with Crippen LogP contribution in [0.2, 0.25) is 5.02 Å². The van der Waals surface area contributed by atoms with E-state index >= 15 is 0 Å². The Kier molecular flexibility index (Phi) is 7.48. The van der Waals surface area contributed by atoms with Crippen LogP contribution in [-0.4, -0.2) is 16.1 Å². The summed E-state index contributed by atoms with van der Waals surface area (Å²) in [5.74, 6) is -7.64. The van der Waals surface area contributed by atoms with Crippen LogP contribution in [0.5, 0.6) is 0 Å². The monoisotopic (exact) mass is 609 g/mol. The highest BCUT2D eigenvalue weighted by Crippen LogP contribution is 2.65. The van der Waals surface area contributed by atoms with Crippen molar-refractivity contribution < 1.29 is 35.9 Å². The zero-order chi connectivity index (χ0) is 29.0. The van der Waals surface area contributed by atoms with Crippen molar-refractivity contribution in [2.24, 2.45) is 5.92 Å². The Morgan fingerprint density at radius 2 is 1.62 bits per heavy atom. The fraction of sp³-hybridized carbons (Fsp3) is 0.200. The number of hydrogen-bond acceptors (Lipinski definition) is 3. The lowest BCUT2D eigenvalue weighted by atomic mass is 10.0. The number of anilines is 3. The quantitative estimate of drug-likeness (QED) is 0.159. The first kappa shape index (κ1) is 28.8. The molecule has 0 saturated heterocycles. The van der Waals surface area contributed by atoms with Crippen molar-refractivity contribution in [3.05, 3.63) is 87.2 Å². The average Bonchev–Trinajstić information content (AvgIpc) is 3.41. The summed E-state index contributed by atoms with van der Waals surface area (Å²) in [4.78, 5) is 25.8. The molecule has 0 unspecified atom stereocenters. The number of carbonyl (C=O) groups is 2. The number of nitrogen functional groups attached to an aromatic ring is 1. The number of nitrogens with two attached hydrogens (primary N) is 1. The molecule has 3 aromatic rings. The Morgan fingerprint density at radius 3 is 2.26 bits per heavy atom. The number of rotatable bonds is 5. The third-order valence-corrected chi connectivity index (χ3v) is 7.53. The summed E-state index contributed by atoms with van der Waals surface area (Å²) in [5, 5.41) is 4.66. The highest BCUT2D eigenvalue weighted by molar-refractivity contribution is 6.53. The van der Waals surface area contributed by atoms with E-state index < -0.39 is 68.5 Å². The molecule has 1 aliphatic carbocycles. The van der Waals surface area contributed by atoms with E-state index in [1.54, 1.807) is 0 Å². The molecule has 206 valence electrons. The van der Waals surface area contributed by atoms with Gasteiger partial charge in [0.1, 0.15) is 21.8 Å². The number of hydrogen-bond donors (Lipinski definition) is 3. The Morgan fingerprint density at radius 1 is 0.949 bits per heavy atom. The van der Waals surface area contributed by atoms with Crippen LogP contribution in [0.15, 0.2) is 42.5 Å². The lowest BCUT2D eigenvalue weighted by Crippen LogP contribution is -2.19. The number of alkyl halides is 5. The van der Waals surface area contributed by atoms with Crippen molar-refractivity contribution in [2.45, 2.75) is 23.4 Å². The molecular formula is C25H16Cl3F6N3O2. The zero-order valence-corrected chi connectivity index (χ0v) is 21.8. The SMILES string of the molecule is Cc1cc(NC(=O)[C@H]2[C@H](c3ccc(F)c(C(F)(F)F)c3)C2(Cl)Cl)cc(C(=O)Nc2cc(N)c(F)cc2F)c1Cl. The first-order valence-corrected chi connectivity index (χ1v) is 12.1. The highest BCUT2D eigenvalue weighted by atomic mass is 35.5. The fourth-order valence-corrected chi connectivity index (χ4v) is 5.12. The molecule has 4 N–H and O–H groups in total. The fourth-order valence-electron chi connectivity index (χ4n) is 4.10. The molecule has 0 bridgehead atoms. The minimum absolute atomic E-state index is 0.0380. The van der Waals surface area contributed by atoms with Gasteiger partial charge < -0.3 is 16.4 Å². The first-order chi connectivity index (χ1) is 18.0. The van der Waals surface area contributed by atoms with Crippen LogP contribution in [-0.2, 0) is 11.0 Å². The molecule has 2 atom stereocenters. The Balaban J connectivity index is 1.57. The molecule has 1 aliphatic rings. The molecule has 0 radical (unpaired) electrons. The van der Waals surface area contributed by atoms with Crippen molar-refractivity contribution in [1.29, 1.82) is 0 Å². The van der Waals surface area contributed by atoms with Gasteiger partial charge in [-0.1, -0.05) is 17.7 Å². The molecule has 0 heterocycles. The maximum absolute atomic E-state index is 14.1. The molecule has 1 saturated carbocycles. The summed E-state index contributed by atoms with van der Waals surface area (Å²) in [6, 6.07) is 6.14. The van der Waals surface area contributed by atoms with Crippen molar-refractivity contribution in [1.82, 2.24) is 0 Å². The molecular weight excluding hydrogens is 595 g/mol. The topological polar surface area (TPSA) is 84.2 Å². The van der Waals surface area contributed by atoms with Gasteiger partial charge in [-0.05, 0) is 48.4 Å². The van der Waals surface area contributed by atoms with E-state index in [2.05, 4.69) is 10.6 Å². The van der Waals surface area contributed by atoms with E-state index in [4.69, 9.17) is 40.5 Å². The van der Waals surface area contributed by atoms with Gasteiger partial charge in [-0.2, -0.15) is 13.2 Å². The van der Waals surface area contributed by atoms with E-state index in [1.165, 1.54) is 13.0 Å². The largest absolute Gasteiger partial charge is 0.419 e. The Bertz CT molecular complexity index is 1510. The van der Waals surface area contributed by atoms with Gasteiger partial charge in [0.15, 0.2) is 0 Å². The highest BCUT2D eigenvalue weighted by Gasteiger charge is 2.67. The summed E-state index contributed by atoms with van der Waals surface area (Å²) in [5.41, 5.74) is 3.12. The predicted octanol–water partition coefficient (Wildman–Crippen LogP) is 7.45. The van der Waals surface area contributed by atoms with Crippen molar-refractivity contribution >= 4 is 63.7 Å². The van der Waals surface area contributed by atoms with Gasteiger partial charge in [-0.25, -0.2) is 13.2 Å². The standard InChI is InChI=1S/C25H16Cl3F6N3O2/c1-9-4-11(6-12(21(9)26)22(38)37-18-8-17(35)15(30)7-16(18)31)36-23(39)20-19(24(20,27)28)10-2-3-14(29)13(5-10)25(32,33)34/h2-8,19-20H,35H2,1H3,(H,36,39)(H,37,38)/t19-,20+/m0/s1. The van der Waals surface area contributed by atoms with Gasteiger partial charge in [0.25, 0.3) is 5.91 Å². The molecule has 5 nitrogen and oxygen atoms in total. The van der Waals surface area contributed by atoms with E-state index in [1.807, 2.05) is 0 Å². The lowest BCUT2D eigenvalue weighted by Gasteiger charge is -2.13. The molecule has 0 spiro atoms. The number of aryl methyl sites for hydroxylation is 1. The third kappa shape index (κ3) is 5.61. The summed E-state index contributed by atoms with van der Waals surface area (Å²) in [6.07, 6.45) is -4.98. The molecule has 4 rings (SSSR count). The van der Waals surface area contributed by atoms with E-state index in [-0.39, 0.29) is 21.8 Å². The maximum Gasteiger partial charge on any atom is 0.419 e. The number of halogens is 9. The second-order valence-corrected chi connectivity index (χ2v) is 10.6. The van der Waals surface area contributed by atoms with Crippen LogP contribution in [0.3, 0.4) is 0 Å². The predicted molar refractivity (Wildman–Crippen MR) is 136 cm³/mol. The zero-order valence-electron chi connectivity index (χ0n) is 19.5. The molecule has 0 aromatic heterocycles. The Labute approximate surface area is 232 Å². The number of nitrogens with one attached hydrogen (secondary N) is 2. The normalized spacial score (nSPS) is 18.0. The summed E-state index contributed by atoms with van der Waals surface area (Å²) >= 11 is 18.7. The average molecular weight is 611 g/mol. The smallest absolute Gasteiger partial charge is 0.396 e. The maximum atomic E-state index is 14.1. The van der Waals surface area contributed by atoms with Crippen LogP contribution >= 0.6 is 34.8 Å². The van der Waals surface area contributed by atoms with Crippen molar-refractivity contribution in [2.75, 3.05) is 16.4 Å². The second-order valence-electron chi connectivity index (χ2n) is 8.82. The minimum atomic E-state index is -4.98. The number of benzene rings is 3. The van der Waals surface area contributed by atoms with Crippen LogP contribution in [0.1, 0.15) is 33.0 Å². The molecule has 1 fully saturated rings. The van der Waals surface area contributed by atoms with E-state index in [0.29, 0.717) is 23.8 Å². The van der Waals surface area contributed by atoms with Gasteiger partial charge in [-0.15, -0.1) is 23.2 Å². The number of carbonyl (C=O) groups excluding carboxylic acids is 2. The van der Waals surface area contributed by atoms with Crippen LogP contribution in [0.25, 0.3) is 0 Å². The van der Waals surface area contributed by atoms with Crippen LogP contribution < -0.4 is 16.4 Å². The molecule has 14 heteroatoms. The second kappa shape index (κ2) is 10.1. The molecule has 3 aromatic carbocycles. The third-order valence-electron chi connectivity index (χ3n) is 6.09. The lowest BCUT2D eigenvalue weighted by molar-refractivity contribution is -0.140. The van der Waals surface area contributed by atoms with Gasteiger partial charge in [0, 0.05) is 17.7 Å². The molecule has 2 amide bonds. The van der Waals surface area contributed by atoms with E-state index in [9.17, 15) is 35.9 Å². The number of amides is 2. The van der Waals surface area contributed by atoms with Crippen LogP contribution in [0, 0.1) is 30.3 Å². The summed E-state index contributed by atoms with van der Waals surface area (Å²) < 4.78 is 78.9. The van der Waals surface area contributed by atoms with Crippen LogP contribution in [0.4, 0.5) is 43.4 Å². The van der Waals surface area contributed by atoms with Crippen molar-refractivity contribution in [3.63, 3.8) is 0 Å². The van der Waals surface area contributed by atoms with Gasteiger partial charge >= 0.3 is 6.18 Å². The van der Waals surface area contributed by atoms with Gasteiger partial charge in [0.2, 0.25) is 5.91 Å². The van der Waals surface area contributed by atoms with Gasteiger partial charge in [0.05, 0.1) is 33.4 Å². The Hall–Kier alpha value is -3.15. The van der Waals surface area contributed by atoms with Crippen molar-refractivity contribution in [3.8, 4) is 0 Å². The van der Waals surface area contributed by atoms with Gasteiger partial charge in [-0.3, -0.25) is 9.59 Å². The minimum Gasteiger partial charge on any atom is -0.396 e. The molecule has 39 heavy (non-hydrogen) atoms. The summed E-state index contributed by atoms with van der Waals surface area (Å²) in [6.45, 7) is 1.51. The molecule has 0 aliphatic heterocycles. The van der Waals surface area contributed by atoms with E-state index in [0.717, 1.165) is 18.2 Å². The summed E-state index contributed by atoms with van der Waals surface area (Å²) in [7, 11) is 0.